The molecule has 0 spiro atoms. The van der Waals surface area contributed by atoms with Crippen LogP contribution < -0.4 is 0 Å². The van der Waals surface area contributed by atoms with Gasteiger partial charge in [-0.2, -0.15) is 0 Å². The lowest BCUT2D eigenvalue weighted by molar-refractivity contribution is -0.870. The zero-order valence-corrected chi connectivity index (χ0v) is 54.7. The van der Waals surface area contributed by atoms with Crippen LogP contribution in [0.3, 0.4) is 0 Å². The summed E-state index contributed by atoms with van der Waals surface area (Å²) < 4.78 is 34.6. The van der Waals surface area contributed by atoms with E-state index in [1.165, 1.54) is 51.4 Å². The van der Waals surface area contributed by atoms with Crippen molar-refractivity contribution in [2.24, 2.45) is 0 Å². The van der Waals surface area contributed by atoms with Crippen LogP contribution in [0.2, 0.25) is 0 Å². The number of carbonyl (C=O) groups is 2. The number of ether oxygens (including phenoxy) is 2. The lowest BCUT2D eigenvalue weighted by atomic mass is 10.1. The Morgan fingerprint density at radius 3 is 1.01 bits per heavy atom. The van der Waals surface area contributed by atoms with Gasteiger partial charge in [0.05, 0.1) is 27.7 Å². The van der Waals surface area contributed by atoms with Crippen molar-refractivity contribution >= 4 is 19.8 Å². The highest BCUT2D eigenvalue weighted by atomic mass is 31.2. The second-order valence-corrected chi connectivity index (χ2v) is 23.9. The second kappa shape index (κ2) is 62.9. The van der Waals surface area contributed by atoms with Crippen molar-refractivity contribution in [3.8, 4) is 0 Å². The average Bonchev–Trinajstić information content (AvgIpc) is 3.61. The topological polar surface area (TPSA) is 108 Å². The molecule has 0 aromatic heterocycles. The first-order chi connectivity index (χ1) is 41.0. The maximum absolute atomic E-state index is 12.8. The Morgan fingerprint density at radius 2 is 0.679 bits per heavy atom. The summed E-state index contributed by atoms with van der Waals surface area (Å²) in [5.41, 5.74) is 0. The first-order valence-electron chi connectivity index (χ1n) is 32.9. The first-order valence-corrected chi connectivity index (χ1v) is 34.4. The predicted octanol–water partition coefficient (Wildman–Crippen LogP) is 21.4. The van der Waals surface area contributed by atoms with Gasteiger partial charge in [0.2, 0.25) is 0 Å². The van der Waals surface area contributed by atoms with Gasteiger partial charge < -0.3 is 18.9 Å². The van der Waals surface area contributed by atoms with Gasteiger partial charge in [-0.15, -0.1) is 0 Å². The van der Waals surface area contributed by atoms with Crippen molar-refractivity contribution < 1.29 is 42.1 Å². The minimum atomic E-state index is -4.41. The van der Waals surface area contributed by atoms with Crippen molar-refractivity contribution in [3.63, 3.8) is 0 Å². The van der Waals surface area contributed by atoms with Crippen LogP contribution in [0.25, 0.3) is 0 Å². The summed E-state index contributed by atoms with van der Waals surface area (Å²) in [5.74, 6) is -0.836. The molecule has 474 valence electrons. The largest absolute Gasteiger partial charge is 0.472 e. The van der Waals surface area contributed by atoms with E-state index in [-0.39, 0.29) is 32.0 Å². The van der Waals surface area contributed by atoms with Gasteiger partial charge in [0.15, 0.2) is 6.10 Å². The third kappa shape index (κ3) is 66.5. The molecule has 0 aliphatic carbocycles. The number of phosphoric acid groups is 1. The van der Waals surface area contributed by atoms with E-state index >= 15 is 0 Å². The molecule has 0 radical (unpaired) electrons. The highest BCUT2D eigenvalue weighted by molar-refractivity contribution is 7.47. The molecular formula is C74H121NO8P+. The Hall–Kier alpha value is -4.63. The Bertz CT molecular complexity index is 2020. The lowest BCUT2D eigenvalue weighted by Gasteiger charge is -2.24. The SMILES string of the molecule is CC/C=C\C/C=C\C/C=C\C/C=C\C/C=C\C/C=C\C/C=C\C/C=C\C/C=C\C/C=C\C/C=C\CCCCCCCCCC(=O)OC(COC(=O)CCCCCCCC/C=C\C/C=C\C/C=C\CCCCC)COP(=O)(O)OCC[N+](C)(C)C. The summed E-state index contributed by atoms with van der Waals surface area (Å²) in [6.07, 6.45) is 95.8. The van der Waals surface area contributed by atoms with Crippen LogP contribution in [0.4, 0.5) is 0 Å². The molecule has 0 fully saturated rings. The van der Waals surface area contributed by atoms with Crippen molar-refractivity contribution in [2.45, 2.75) is 238 Å². The number of carbonyl (C=O) groups excluding carboxylic acids is 2. The van der Waals surface area contributed by atoms with Crippen LogP contribution in [0.15, 0.2) is 170 Å². The van der Waals surface area contributed by atoms with Crippen molar-refractivity contribution in [1.29, 1.82) is 0 Å². The quantitative estimate of drug-likeness (QED) is 0.0211. The summed E-state index contributed by atoms with van der Waals surface area (Å²) in [6.45, 7) is 4.24. The van der Waals surface area contributed by atoms with E-state index in [0.717, 1.165) is 141 Å². The molecule has 0 aliphatic heterocycles. The molecule has 10 heteroatoms. The molecule has 0 saturated heterocycles. The van der Waals surface area contributed by atoms with Crippen LogP contribution >= 0.6 is 7.82 Å². The lowest BCUT2D eigenvalue weighted by Crippen LogP contribution is -2.37. The van der Waals surface area contributed by atoms with Crippen molar-refractivity contribution in [3.05, 3.63) is 170 Å². The summed E-state index contributed by atoms with van der Waals surface area (Å²) in [5, 5.41) is 0. The van der Waals surface area contributed by atoms with Gasteiger partial charge in [-0.3, -0.25) is 18.6 Å². The zero-order valence-electron chi connectivity index (χ0n) is 53.8. The summed E-state index contributed by atoms with van der Waals surface area (Å²) in [4.78, 5) is 35.8. The number of allylic oxidation sites excluding steroid dienone is 28. The second-order valence-electron chi connectivity index (χ2n) is 22.4. The number of hydrogen-bond donors (Lipinski definition) is 1. The van der Waals surface area contributed by atoms with E-state index in [9.17, 15) is 19.0 Å². The van der Waals surface area contributed by atoms with E-state index in [4.69, 9.17) is 18.5 Å². The third-order valence-corrected chi connectivity index (χ3v) is 14.2. The normalized spacial score (nSPS) is 14.3. The van der Waals surface area contributed by atoms with Crippen LogP contribution in [0.5, 0.6) is 0 Å². The van der Waals surface area contributed by atoms with Crippen LogP contribution in [-0.2, 0) is 32.7 Å². The van der Waals surface area contributed by atoms with Crippen LogP contribution in [0, 0.1) is 0 Å². The monoisotopic (exact) mass is 1180 g/mol. The number of unbranched alkanes of at least 4 members (excludes halogenated alkanes) is 16. The number of hydrogen-bond acceptors (Lipinski definition) is 7. The van der Waals surface area contributed by atoms with Gasteiger partial charge in [-0.05, 0) is 135 Å². The molecule has 0 amide bonds. The first kappa shape index (κ1) is 79.4. The average molecular weight is 1180 g/mol. The fraction of sp³-hybridized carbons (Fsp3) is 0.595. The Kier molecular flexibility index (Phi) is 59.4. The molecule has 1 N–H and O–H groups in total. The Balaban J connectivity index is 4.17. The van der Waals surface area contributed by atoms with Gasteiger partial charge >= 0.3 is 19.8 Å². The summed E-state index contributed by atoms with van der Waals surface area (Å²) in [7, 11) is 1.44. The van der Waals surface area contributed by atoms with Gasteiger partial charge in [-0.1, -0.05) is 255 Å². The van der Waals surface area contributed by atoms with Gasteiger partial charge in [0.25, 0.3) is 0 Å². The smallest absolute Gasteiger partial charge is 0.462 e. The van der Waals surface area contributed by atoms with Crippen molar-refractivity contribution in [2.75, 3.05) is 47.5 Å². The fourth-order valence-corrected chi connectivity index (χ4v) is 8.94. The number of likely N-dealkylation sites (N-methyl/N-ethyl adjacent to an activating group) is 1. The molecule has 0 bridgehead atoms. The molecule has 84 heavy (non-hydrogen) atoms. The van der Waals surface area contributed by atoms with E-state index in [2.05, 4.69) is 184 Å². The number of quaternary nitrogens is 1. The molecule has 0 rings (SSSR count). The molecule has 2 unspecified atom stereocenters. The highest BCUT2D eigenvalue weighted by Crippen LogP contribution is 2.43. The van der Waals surface area contributed by atoms with Crippen LogP contribution in [-0.4, -0.2) is 74.9 Å². The van der Waals surface area contributed by atoms with Crippen LogP contribution in [0.1, 0.15) is 232 Å². The summed E-state index contributed by atoms with van der Waals surface area (Å²) in [6, 6.07) is 0. The standard InChI is InChI=1S/C74H120NO8P/c1-6-8-10-12-14-16-18-20-22-24-26-27-28-29-30-31-32-33-34-35-36-37-38-39-40-41-42-43-44-45-46-47-49-51-53-55-57-59-61-63-65-67-74(77)83-72(71-82-84(78,79)81-69-68-75(3,4)5)70-80-73(76)66-64-62-60-58-56-54-52-50-48-25-23-21-19-17-15-13-11-9-7-2/h8,10,14-17,20-23,26-27,29-30,32-33,35-36,38-39,41-42,44-45,47-50,72H,6-7,9,11-13,18-19,24-25,28,31,34,37,40,43,46,51-71H2,1-5H3/p+1/b10-8-,16-14-,17-15-,22-20-,23-21-,27-26-,30-29-,33-32-,36-35-,39-38-,42-41-,45-44-,49-47-,50-48-. The molecule has 0 aliphatic rings. The maximum Gasteiger partial charge on any atom is 0.472 e. The van der Waals surface area contributed by atoms with E-state index < -0.39 is 26.5 Å². The number of phosphoric ester groups is 1. The fourth-order valence-electron chi connectivity index (χ4n) is 8.20. The zero-order chi connectivity index (χ0) is 61.2. The molecule has 2 atom stereocenters. The Morgan fingerprint density at radius 1 is 0.381 bits per heavy atom. The number of nitrogens with zero attached hydrogens (tertiary/aromatic N) is 1. The molecule has 0 saturated carbocycles. The number of rotatable bonds is 58. The van der Waals surface area contributed by atoms with E-state index in [0.29, 0.717) is 23.9 Å². The molecule has 0 aromatic rings. The minimum Gasteiger partial charge on any atom is -0.462 e. The molecule has 0 aromatic carbocycles. The minimum absolute atomic E-state index is 0.0180. The third-order valence-electron chi connectivity index (χ3n) is 13.2. The number of esters is 2. The van der Waals surface area contributed by atoms with E-state index in [1.54, 1.807) is 0 Å². The maximum atomic E-state index is 12.8. The van der Waals surface area contributed by atoms with Gasteiger partial charge in [0, 0.05) is 12.8 Å². The van der Waals surface area contributed by atoms with Crippen molar-refractivity contribution in [1.82, 2.24) is 0 Å². The van der Waals surface area contributed by atoms with Gasteiger partial charge in [-0.25, -0.2) is 4.57 Å². The molecule has 0 heterocycles. The van der Waals surface area contributed by atoms with Gasteiger partial charge in [0.1, 0.15) is 19.8 Å². The predicted molar refractivity (Wildman–Crippen MR) is 362 cm³/mol. The molecular weight excluding hydrogens is 1060 g/mol. The Labute approximate surface area is 515 Å². The van der Waals surface area contributed by atoms with E-state index in [1.807, 2.05) is 21.1 Å². The summed E-state index contributed by atoms with van der Waals surface area (Å²) >= 11 is 0. The molecule has 9 nitrogen and oxygen atoms in total. The highest BCUT2D eigenvalue weighted by Gasteiger charge is 2.27.